The molecule has 0 aromatic carbocycles. The molecule has 1 amide bonds. The lowest BCUT2D eigenvalue weighted by Gasteiger charge is -2.29. The minimum atomic E-state index is -5.71. The third-order valence-electron chi connectivity index (χ3n) is 2.31. The molecule has 0 spiro atoms. The van der Waals surface area contributed by atoms with Crippen LogP contribution < -0.4 is 0 Å². The van der Waals surface area contributed by atoms with E-state index in [4.69, 9.17) is 5.26 Å². The number of halogens is 6. The molecule has 0 bridgehead atoms. The lowest BCUT2D eigenvalue weighted by Crippen LogP contribution is -2.50. The van der Waals surface area contributed by atoms with Crippen molar-refractivity contribution in [2.75, 3.05) is 13.1 Å². The Morgan fingerprint density at radius 3 is 1.89 bits per heavy atom. The van der Waals surface area contributed by atoms with Gasteiger partial charge in [-0.05, 0) is 13.8 Å². The molecule has 0 radical (unpaired) electrons. The van der Waals surface area contributed by atoms with Gasteiger partial charge in [-0.3, -0.25) is 4.79 Å². The standard InChI is InChI=1S/C10H12F6N2O/c1-3-18(5-6(2)4-17)8(19)7(9(11,12)13)10(14,15)16/h6-7H,3,5H2,1-2H3. The van der Waals surface area contributed by atoms with Gasteiger partial charge in [-0.25, -0.2) is 0 Å². The second kappa shape index (κ2) is 6.12. The molecule has 0 heterocycles. The van der Waals surface area contributed by atoms with Crippen LogP contribution in [-0.4, -0.2) is 36.2 Å². The van der Waals surface area contributed by atoms with Crippen LogP contribution in [0.2, 0.25) is 0 Å². The van der Waals surface area contributed by atoms with E-state index < -0.39 is 36.6 Å². The van der Waals surface area contributed by atoms with Gasteiger partial charge in [0.05, 0.1) is 12.0 Å². The van der Waals surface area contributed by atoms with Crippen LogP contribution >= 0.6 is 0 Å². The maximum absolute atomic E-state index is 12.3. The second-order valence-corrected chi connectivity index (χ2v) is 3.92. The average molecular weight is 290 g/mol. The quantitative estimate of drug-likeness (QED) is 0.747. The first-order valence-corrected chi connectivity index (χ1v) is 5.27. The van der Waals surface area contributed by atoms with Crippen molar-refractivity contribution < 1.29 is 31.1 Å². The third kappa shape index (κ3) is 4.96. The molecule has 1 atom stereocenters. The van der Waals surface area contributed by atoms with Gasteiger partial charge in [-0.1, -0.05) is 0 Å². The Balaban J connectivity index is 5.25. The summed E-state index contributed by atoms with van der Waals surface area (Å²) in [7, 11) is 0. The summed E-state index contributed by atoms with van der Waals surface area (Å²) in [5, 5.41) is 8.49. The van der Waals surface area contributed by atoms with Gasteiger partial charge in [0.1, 0.15) is 0 Å². The van der Waals surface area contributed by atoms with Crippen LogP contribution in [-0.2, 0) is 4.79 Å². The fourth-order valence-corrected chi connectivity index (χ4v) is 1.39. The number of carbonyl (C=O) groups excluding carboxylic acids is 1. The molecule has 0 aliphatic heterocycles. The highest BCUT2D eigenvalue weighted by Crippen LogP contribution is 2.40. The van der Waals surface area contributed by atoms with Crippen molar-refractivity contribution in [2.24, 2.45) is 11.8 Å². The number of rotatable bonds is 4. The molecule has 110 valence electrons. The van der Waals surface area contributed by atoms with Gasteiger partial charge in [0.2, 0.25) is 11.8 Å². The fraction of sp³-hybridized carbons (Fsp3) is 0.800. The summed E-state index contributed by atoms with van der Waals surface area (Å²) in [4.78, 5) is 11.8. The van der Waals surface area contributed by atoms with E-state index in [0.29, 0.717) is 4.90 Å². The summed E-state index contributed by atoms with van der Waals surface area (Å²) in [5.41, 5.74) is 0. The van der Waals surface area contributed by atoms with Gasteiger partial charge in [0.25, 0.3) is 0 Å². The molecule has 19 heavy (non-hydrogen) atoms. The van der Waals surface area contributed by atoms with E-state index in [-0.39, 0.29) is 6.54 Å². The number of nitrogens with zero attached hydrogens (tertiary/aromatic N) is 2. The van der Waals surface area contributed by atoms with Gasteiger partial charge in [0, 0.05) is 13.1 Å². The molecule has 3 nitrogen and oxygen atoms in total. The summed E-state index contributed by atoms with van der Waals surface area (Å²) in [6, 6.07) is 1.64. The van der Waals surface area contributed by atoms with E-state index in [1.54, 1.807) is 6.07 Å². The van der Waals surface area contributed by atoms with E-state index in [2.05, 4.69) is 0 Å². The molecule has 1 unspecified atom stereocenters. The third-order valence-corrected chi connectivity index (χ3v) is 2.31. The van der Waals surface area contributed by atoms with Crippen molar-refractivity contribution in [3.63, 3.8) is 0 Å². The van der Waals surface area contributed by atoms with Crippen molar-refractivity contribution in [3.05, 3.63) is 0 Å². The second-order valence-electron chi connectivity index (χ2n) is 3.92. The van der Waals surface area contributed by atoms with E-state index in [0.717, 1.165) is 0 Å². The van der Waals surface area contributed by atoms with Crippen LogP contribution in [0.25, 0.3) is 0 Å². The molecule has 0 aliphatic carbocycles. The first-order chi connectivity index (χ1) is 8.45. The minimum Gasteiger partial charge on any atom is -0.341 e. The van der Waals surface area contributed by atoms with Crippen LogP contribution in [0.5, 0.6) is 0 Å². The topological polar surface area (TPSA) is 44.1 Å². The number of carbonyl (C=O) groups is 1. The Morgan fingerprint density at radius 1 is 1.21 bits per heavy atom. The van der Waals surface area contributed by atoms with Gasteiger partial charge < -0.3 is 4.90 Å². The van der Waals surface area contributed by atoms with Crippen LogP contribution in [0.15, 0.2) is 0 Å². The van der Waals surface area contributed by atoms with E-state index in [1.807, 2.05) is 0 Å². The first-order valence-electron chi connectivity index (χ1n) is 5.27. The zero-order valence-electron chi connectivity index (χ0n) is 10.1. The maximum atomic E-state index is 12.3. The van der Waals surface area contributed by atoms with E-state index >= 15 is 0 Å². The van der Waals surface area contributed by atoms with Crippen LogP contribution in [0.3, 0.4) is 0 Å². The first kappa shape index (κ1) is 17.5. The Labute approximate surface area is 105 Å². The molecular weight excluding hydrogens is 278 g/mol. The molecule has 0 fully saturated rings. The van der Waals surface area contributed by atoms with Gasteiger partial charge in [0.15, 0.2) is 0 Å². The molecule has 0 N–H and O–H groups in total. The SMILES string of the molecule is CCN(CC(C)C#N)C(=O)C(C(F)(F)F)C(F)(F)F. The molecule has 0 aromatic rings. The normalized spacial score (nSPS) is 14.1. The summed E-state index contributed by atoms with van der Waals surface area (Å²) >= 11 is 0. The van der Waals surface area contributed by atoms with Crippen molar-refractivity contribution >= 4 is 5.91 Å². The molecule has 0 saturated heterocycles. The lowest BCUT2D eigenvalue weighted by molar-refractivity contribution is -0.277. The molecule has 9 heteroatoms. The number of alkyl halides is 6. The molecule has 0 rings (SSSR count). The number of hydrogen-bond acceptors (Lipinski definition) is 2. The van der Waals surface area contributed by atoms with Crippen molar-refractivity contribution in [2.45, 2.75) is 26.2 Å². The maximum Gasteiger partial charge on any atom is 0.409 e. The number of amides is 1. The molecular formula is C10H12F6N2O. The number of hydrogen-bond donors (Lipinski definition) is 0. The van der Waals surface area contributed by atoms with Gasteiger partial charge in [-0.15, -0.1) is 0 Å². The summed E-state index contributed by atoms with van der Waals surface area (Å²) in [6.07, 6.45) is -11.4. The Hall–Kier alpha value is -1.46. The average Bonchev–Trinajstić information content (AvgIpc) is 2.20. The van der Waals surface area contributed by atoms with Gasteiger partial charge in [-0.2, -0.15) is 31.6 Å². The van der Waals surface area contributed by atoms with Crippen molar-refractivity contribution in [1.82, 2.24) is 4.90 Å². The minimum absolute atomic E-state index is 0.340. The predicted octanol–water partition coefficient (Wildman–Crippen LogP) is 2.74. The van der Waals surface area contributed by atoms with Crippen molar-refractivity contribution in [1.29, 1.82) is 5.26 Å². The highest BCUT2D eigenvalue weighted by atomic mass is 19.4. The van der Waals surface area contributed by atoms with E-state index in [9.17, 15) is 31.1 Å². The molecule has 0 aromatic heterocycles. The highest BCUT2D eigenvalue weighted by molar-refractivity contribution is 5.80. The molecule has 0 saturated carbocycles. The monoisotopic (exact) mass is 290 g/mol. The van der Waals surface area contributed by atoms with Gasteiger partial charge >= 0.3 is 12.4 Å². The van der Waals surface area contributed by atoms with Crippen LogP contribution in [0.4, 0.5) is 26.3 Å². The number of nitriles is 1. The zero-order valence-corrected chi connectivity index (χ0v) is 10.1. The zero-order chi connectivity index (χ0) is 15.4. The molecule has 0 aliphatic rings. The predicted molar refractivity (Wildman–Crippen MR) is 52.6 cm³/mol. The largest absolute Gasteiger partial charge is 0.409 e. The smallest absolute Gasteiger partial charge is 0.341 e. The van der Waals surface area contributed by atoms with Crippen molar-refractivity contribution in [3.8, 4) is 6.07 Å². The summed E-state index contributed by atoms with van der Waals surface area (Å²) in [6.45, 7) is 1.72. The Bertz CT molecular complexity index is 343. The fourth-order valence-electron chi connectivity index (χ4n) is 1.39. The van der Waals surface area contributed by atoms with E-state index in [1.165, 1.54) is 13.8 Å². The summed E-state index contributed by atoms with van der Waals surface area (Å²) < 4.78 is 74.1. The summed E-state index contributed by atoms with van der Waals surface area (Å²) in [5.74, 6) is -6.98. The Morgan fingerprint density at radius 2 is 1.63 bits per heavy atom. The lowest BCUT2D eigenvalue weighted by atomic mass is 10.1. The highest BCUT2D eigenvalue weighted by Gasteiger charge is 2.61. The Kier molecular flexibility index (Phi) is 5.65. The van der Waals surface area contributed by atoms with Crippen LogP contribution in [0, 0.1) is 23.2 Å². The van der Waals surface area contributed by atoms with Crippen LogP contribution in [0.1, 0.15) is 13.8 Å².